The molecule has 0 N–H and O–H groups in total. The van der Waals surface area contributed by atoms with Crippen molar-refractivity contribution < 1.29 is 26.3 Å². The Kier molecular flexibility index (Phi) is 6.40. The van der Waals surface area contributed by atoms with Crippen molar-refractivity contribution >= 4 is 0 Å². The van der Waals surface area contributed by atoms with E-state index in [9.17, 15) is 26.3 Å². The highest BCUT2D eigenvalue weighted by Crippen LogP contribution is 2.20. The summed E-state index contributed by atoms with van der Waals surface area (Å²) in [6, 6.07) is 0. The molecule has 0 aromatic heterocycles. The molecule has 0 aliphatic rings. The van der Waals surface area contributed by atoms with Gasteiger partial charge in [0.1, 0.15) is 6.17 Å². The van der Waals surface area contributed by atoms with Crippen molar-refractivity contribution in [2.75, 3.05) is 6.67 Å². The Hall–Kier alpha value is -0.680. The van der Waals surface area contributed by atoms with Crippen LogP contribution in [0.5, 0.6) is 0 Å². The molecule has 0 aromatic carbocycles. The van der Waals surface area contributed by atoms with Gasteiger partial charge in [0.05, 0.1) is 13.0 Å². The molecule has 0 spiro atoms. The average molecular weight is 220 g/mol. The summed E-state index contributed by atoms with van der Waals surface area (Å²) in [5.41, 5.74) is 0. The predicted octanol–water partition coefficient (Wildman–Crippen LogP) is 3.18. The molecular weight excluding hydrogens is 210 g/mol. The van der Waals surface area contributed by atoms with Gasteiger partial charge in [-0.2, -0.15) is 0 Å². The lowest BCUT2D eigenvalue weighted by atomic mass is 10.1. The highest BCUT2D eigenvalue weighted by Gasteiger charge is 2.34. The fourth-order valence-corrected chi connectivity index (χ4v) is 0.814. The summed E-state index contributed by atoms with van der Waals surface area (Å²) in [6.45, 7) is -1.16. The quantitative estimate of drug-likeness (QED) is 0.603. The van der Waals surface area contributed by atoms with Crippen LogP contribution in [-0.2, 0) is 0 Å². The van der Waals surface area contributed by atoms with Gasteiger partial charge in [0, 0.05) is 6.42 Å². The van der Waals surface area contributed by atoms with Crippen molar-refractivity contribution in [2.45, 2.75) is 31.1 Å². The van der Waals surface area contributed by atoms with Crippen LogP contribution in [0.4, 0.5) is 26.3 Å². The minimum Gasteiger partial charge on any atom is -0.251 e. The molecule has 0 aliphatic carbocycles. The van der Waals surface area contributed by atoms with E-state index in [1.165, 1.54) is 0 Å². The molecule has 0 radical (unpaired) electrons. The first kappa shape index (κ1) is 13.3. The van der Waals surface area contributed by atoms with Gasteiger partial charge in [-0.15, -0.1) is 0 Å². The highest BCUT2D eigenvalue weighted by molar-refractivity contribution is 4.93. The van der Waals surface area contributed by atoms with Crippen LogP contribution in [0.15, 0.2) is 12.4 Å². The molecule has 0 saturated heterocycles. The molecule has 0 aromatic rings. The Labute approximate surface area is 77.6 Å². The van der Waals surface area contributed by atoms with Gasteiger partial charge < -0.3 is 0 Å². The fourth-order valence-electron chi connectivity index (χ4n) is 0.814. The van der Waals surface area contributed by atoms with Crippen LogP contribution in [0.1, 0.15) is 6.42 Å². The zero-order chi connectivity index (χ0) is 11.1. The summed E-state index contributed by atoms with van der Waals surface area (Å²) in [5, 5.41) is 0. The number of halogens is 6. The van der Waals surface area contributed by atoms with Gasteiger partial charge in [-0.3, -0.25) is 4.39 Å². The fraction of sp³-hybridized carbons (Fsp3) is 0.750. The molecule has 0 bridgehead atoms. The molecule has 0 amide bonds. The van der Waals surface area contributed by atoms with Gasteiger partial charge in [0.2, 0.25) is 0 Å². The lowest BCUT2D eigenvalue weighted by Gasteiger charge is -2.17. The molecular formula is C8H10F6. The largest absolute Gasteiger partial charge is 0.251 e. The number of rotatable bonds is 6. The normalized spacial score (nSPS) is 20.7. The molecule has 84 valence electrons. The Morgan fingerprint density at radius 3 is 2.00 bits per heavy atom. The first-order valence-corrected chi connectivity index (χ1v) is 3.93. The topological polar surface area (TPSA) is 0 Å². The van der Waals surface area contributed by atoms with Crippen LogP contribution in [0.2, 0.25) is 0 Å². The first-order chi connectivity index (χ1) is 6.54. The highest BCUT2D eigenvalue weighted by atomic mass is 19.2. The van der Waals surface area contributed by atoms with Gasteiger partial charge >= 0.3 is 0 Å². The Morgan fingerprint density at radius 2 is 1.57 bits per heavy atom. The van der Waals surface area contributed by atoms with Crippen molar-refractivity contribution in [2.24, 2.45) is 0 Å². The van der Waals surface area contributed by atoms with Crippen LogP contribution >= 0.6 is 0 Å². The third-order valence-corrected chi connectivity index (χ3v) is 1.60. The van der Waals surface area contributed by atoms with E-state index in [0.29, 0.717) is 0 Å². The zero-order valence-electron chi connectivity index (χ0n) is 7.15. The second-order valence-corrected chi connectivity index (χ2v) is 2.65. The summed E-state index contributed by atoms with van der Waals surface area (Å²) in [7, 11) is 0. The molecule has 4 atom stereocenters. The van der Waals surface area contributed by atoms with E-state index in [0.717, 1.165) is 0 Å². The standard InChI is InChI=1S/C8H10F6/c9-3-1-5(11)7(13)8(14)6(12)2-4-10/h1,3,5-8H,2,4H2. The maximum Gasteiger partial charge on any atom is 0.169 e. The molecule has 0 saturated carbocycles. The number of hydrogen-bond donors (Lipinski definition) is 0. The maximum atomic E-state index is 12.6. The second-order valence-electron chi connectivity index (χ2n) is 2.65. The molecule has 4 unspecified atom stereocenters. The van der Waals surface area contributed by atoms with Crippen LogP contribution < -0.4 is 0 Å². The first-order valence-electron chi connectivity index (χ1n) is 3.93. The number of alkyl halides is 5. The second kappa shape index (κ2) is 6.73. The lowest BCUT2D eigenvalue weighted by Crippen LogP contribution is -2.34. The zero-order valence-corrected chi connectivity index (χ0v) is 7.15. The van der Waals surface area contributed by atoms with Crippen molar-refractivity contribution in [1.82, 2.24) is 0 Å². The maximum absolute atomic E-state index is 12.6. The smallest absolute Gasteiger partial charge is 0.169 e. The van der Waals surface area contributed by atoms with Gasteiger partial charge in [-0.1, -0.05) is 0 Å². The van der Waals surface area contributed by atoms with Gasteiger partial charge in [-0.25, -0.2) is 22.0 Å². The third-order valence-electron chi connectivity index (χ3n) is 1.60. The van der Waals surface area contributed by atoms with Crippen LogP contribution in [0.25, 0.3) is 0 Å². The van der Waals surface area contributed by atoms with Gasteiger partial charge in [0.15, 0.2) is 18.5 Å². The van der Waals surface area contributed by atoms with E-state index in [1.807, 2.05) is 0 Å². The molecule has 0 heterocycles. The molecule has 0 aliphatic heterocycles. The third kappa shape index (κ3) is 4.02. The summed E-state index contributed by atoms with van der Waals surface area (Å²) in [6.07, 6.45) is -11.6. The predicted molar refractivity (Wildman–Crippen MR) is 40.4 cm³/mol. The summed E-state index contributed by atoms with van der Waals surface area (Å²) in [5.74, 6) is 0. The SMILES string of the molecule is FC=CC(F)C(F)C(F)C(F)CCF. The molecule has 14 heavy (non-hydrogen) atoms. The minimum absolute atomic E-state index is 0.124. The van der Waals surface area contributed by atoms with Gasteiger partial charge in [-0.05, 0) is 6.08 Å². The lowest BCUT2D eigenvalue weighted by molar-refractivity contribution is 0.0412. The Bertz CT molecular complexity index is 171. The summed E-state index contributed by atoms with van der Waals surface area (Å²) in [4.78, 5) is 0. The Morgan fingerprint density at radius 1 is 1.00 bits per heavy atom. The van der Waals surface area contributed by atoms with Crippen LogP contribution in [-0.4, -0.2) is 31.4 Å². The summed E-state index contributed by atoms with van der Waals surface area (Å²) < 4.78 is 73.1. The van der Waals surface area contributed by atoms with Crippen molar-refractivity contribution in [3.63, 3.8) is 0 Å². The van der Waals surface area contributed by atoms with Gasteiger partial charge in [0.25, 0.3) is 0 Å². The number of allylic oxidation sites excluding steroid dienone is 1. The minimum atomic E-state index is -2.82. The van der Waals surface area contributed by atoms with Crippen molar-refractivity contribution in [3.05, 3.63) is 12.4 Å². The van der Waals surface area contributed by atoms with E-state index in [4.69, 9.17) is 0 Å². The van der Waals surface area contributed by atoms with Crippen LogP contribution in [0.3, 0.4) is 0 Å². The van der Waals surface area contributed by atoms with E-state index in [1.54, 1.807) is 0 Å². The Balaban J connectivity index is 4.15. The molecule has 0 rings (SSSR count). The number of hydrogen-bond acceptors (Lipinski definition) is 0. The van der Waals surface area contributed by atoms with Crippen molar-refractivity contribution in [3.8, 4) is 0 Å². The van der Waals surface area contributed by atoms with E-state index >= 15 is 0 Å². The monoisotopic (exact) mass is 220 g/mol. The van der Waals surface area contributed by atoms with E-state index in [-0.39, 0.29) is 12.4 Å². The summed E-state index contributed by atoms with van der Waals surface area (Å²) >= 11 is 0. The van der Waals surface area contributed by atoms with E-state index in [2.05, 4.69) is 0 Å². The average Bonchev–Trinajstić information content (AvgIpc) is 2.16. The van der Waals surface area contributed by atoms with Crippen molar-refractivity contribution in [1.29, 1.82) is 0 Å². The van der Waals surface area contributed by atoms with E-state index < -0.39 is 37.8 Å². The molecule has 0 fully saturated rings. The van der Waals surface area contributed by atoms with Crippen LogP contribution in [0, 0.1) is 0 Å². The molecule has 6 heteroatoms. The molecule has 0 nitrogen and oxygen atoms in total.